The molecule has 0 spiro atoms. The number of anilines is 1. The molecule has 1 atom stereocenters. The first-order valence-electron chi connectivity index (χ1n) is 12.5. The molecule has 1 aromatic carbocycles. The van der Waals surface area contributed by atoms with Crippen molar-refractivity contribution in [3.05, 3.63) is 54.5 Å². The molecular formula is C26H30F2N6O3. The Kier molecular flexibility index (Phi) is 7.33. The summed E-state index contributed by atoms with van der Waals surface area (Å²) in [5.41, 5.74) is 2.47. The summed E-state index contributed by atoms with van der Waals surface area (Å²) in [6.45, 7) is 2.58. The van der Waals surface area contributed by atoms with Gasteiger partial charge < -0.3 is 20.3 Å². The molecule has 0 amide bonds. The summed E-state index contributed by atoms with van der Waals surface area (Å²) >= 11 is 0. The maximum absolute atomic E-state index is 14.1. The maximum Gasteiger partial charge on any atom is 0.167 e. The van der Waals surface area contributed by atoms with E-state index in [1.807, 2.05) is 17.7 Å². The summed E-state index contributed by atoms with van der Waals surface area (Å²) in [4.78, 5) is 4.54. The molecule has 37 heavy (non-hydrogen) atoms. The van der Waals surface area contributed by atoms with Crippen molar-refractivity contribution >= 4 is 16.7 Å². The summed E-state index contributed by atoms with van der Waals surface area (Å²) in [6, 6.07) is 5.47. The number of fused-ring (bicyclic) bond motifs is 1. The molecule has 0 unspecified atom stereocenters. The third kappa shape index (κ3) is 5.42. The maximum atomic E-state index is 14.1. The lowest BCUT2D eigenvalue weighted by Crippen LogP contribution is -2.26. The molecule has 0 saturated heterocycles. The quantitative estimate of drug-likeness (QED) is 0.312. The van der Waals surface area contributed by atoms with Crippen LogP contribution in [-0.2, 0) is 6.54 Å². The fraction of sp³-hybridized carbons (Fsp3) is 0.423. The number of aromatic nitrogens is 5. The molecule has 4 aromatic rings. The van der Waals surface area contributed by atoms with E-state index in [0.717, 1.165) is 53.4 Å². The van der Waals surface area contributed by atoms with Crippen LogP contribution in [-0.4, -0.2) is 60.1 Å². The molecule has 3 heterocycles. The zero-order valence-corrected chi connectivity index (χ0v) is 20.5. The second kappa shape index (κ2) is 10.8. The Morgan fingerprint density at radius 1 is 1.16 bits per heavy atom. The summed E-state index contributed by atoms with van der Waals surface area (Å²) in [5.74, 6) is -0.494. The van der Waals surface area contributed by atoms with Crippen molar-refractivity contribution in [3.63, 3.8) is 0 Å². The normalized spacial score (nSPS) is 18.7. The van der Waals surface area contributed by atoms with E-state index in [0.29, 0.717) is 12.8 Å². The van der Waals surface area contributed by atoms with Crippen LogP contribution in [0.15, 0.2) is 42.9 Å². The SMILES string of the molecule is CCNc1cc2c(cn1)c(-c1cnn(C[C@H](O)CO)c1)nn2[C@H]1CC[C@@H](Oc2ccc(F)cc2F)CC1. The molecule has 11 heteroatoms. The Hall–Kier alpha value is -3.57. The number of nitrogens with one attached hydrogen (secondary N) is 1. The van der Waals surface area contributed by atoms with Gasteiger partial charge in [-0.1, -0.05) is 0 Å². The van der Waals surface area contributed by atoms with E-state index in [1.165, 1.54) is 12.1 Å². The number of halogens is 2. The van der Waals surface area contributed by atoms with E-state index in [1.54, 1.807) is 23.3 Å². The largest absolute Gasteiger partial charge is 0.487 e. The average molecular weight is 513 g/mol. The molecule has 5 rings (SSSR count). The minimum Gasteiger partial charge on any atom is -0.487 e. The monoisotopic (exact) mass is 512 g/mol. The highest BCUT2D eigenvalue weighted by Crippen LogP contribution is 2.36. The van der Waals surface area contributed by atoms with Crippen LogP contribution < -0.4 is 10.1 Å². The van der Waals surface area contributed by atoms with Gasteiger partial charge in [0.2, 0.25) is 0 Å². The van der Waals surface area contributed by atoms with Gasteiger partial charge in [0.25, 0.3) is 0 Å². The third-order valence-electron chi connectivity index (χ3n) is 6.64. The van der Waals surface area contributed by atoms with Gasteiger partial charge in [0.15, 0.2) is 11.6 Å². The van der Waals surface area contributed by atoms with E-state index in [4.69, 9.17) is 14.9 Å². The van der Waals surface area contributed by atoms with Crippen molar-refractivity contribution in [1.29, 1.82) is 0 Å². The van der Waals surface area contributed by atoms with Crippen molar-refractivity contribution in [1.82, 2.24) is 24.5 Å². The van der Waals surface area contributed by atoms with Crippen LogP contribution in [0.25, 0.3) is 22.2 Å². The molecule has 1 fully saturated rings. The van der Waals surface area contributed by atoms with Crippen molar-refractivity contribution in [3.8, 4) is 17.0 Å². The number of nitrogens with zero attached hydrogens (tertiary/aromatic N) is 5. The van der Waals surface area contributed by atoms with Crippen LogP contribution in [0.4, 0.5) is 14.6 Å². The lowest BCUT2D eigenvalue weighted by Gasteiger charge is -2.29. The summed E-state index contributed by atoms with van der Waals surface area (Å²) in [6.07, 6.45) is 7.22. The number of aliphatic hydroxyl groups is 2. The number of aliphatic hydroxyl groups excluding tert-OH is 2. The van der Waals surface area contributed by atoms with Crippen LogP contribution in [0.3, 0.4) is 0 Å². The van der Waals surface area contributed by atoms with Gasteiger partial charge in [0.05, 0.1) is 43.1 Å². The number of rotatable bonds is 9. The number of hydrogen-bond donors (Lipinski definition) is 3. The Morgan fingerprint density at radius 2 is 1.97 bits per heavy atom. The minimum atomic E-state index is -0.896. The molecule has 0 radical (unpaired) electrons. The van der Waals surface area contributed by atoms with Gasteiger partial charge >= 0.3 is 0 Å². The number of ether oxygens (including phenoxy) is 1. The summed E-state index contributed by atoms with van der Waals surface area (Å²) in [7, 11) is 0. The van der Waals surface area contributed by atoms with Crippen LogP contribution in [0, 0.1) is 11.6 Å². The number of benzene rings is 1. The summed E-state index contributed by atoms with van der Waals surface area (Å²) < 4.78 is 36.7. The van der Waals surface area contributed by atoms with E-state index in [-0.39, 0.29) is 31.0 Å². The average Bonchev–Trinajstić information content (AvgIpc) is 3.50. The van der Waals surface area contributed by atoms with Crippen molar-refractivity contribution in [2.24, 2.45) is 0 Å². The second-order valence-corrected chi connectivity index (χ2v) is 9.32. The van der Waals surface area contributed by atoms with Gasteiger partial charge in [0.1, 0.15) is 17.3 Å². The molecule has 1 aliphatic rings. The number of pyridine rings is 1. The fourth-order valence-corrected chi connectivity index (χ4v) is 4.82. The zero-order chi connectivity index (χ0) is 25.9. The molecule has 1 saturated carbocycles. The molecule has 3 N–H and O–H groups in total. The van der Waals surface area contributed by atoms with Crippen molar-refractivity contribution < 1.29 is 23.7 Å². The number of hydrogen-bond acceptors (Lipinski definition) is 7. The van der Waals surface area contributed by atoms with Gasteiger partial charge in [-0.05, 0) is 44.7 Å². The molecule has 0 aliphatic heterocycles. The standard InChI is InChI=1S/C26H30F2N6O3/c1-2-29-25-10-23-21(12-30-25)26(16-11-31-33(13-16)14-19(36)15-35)32-34(23)18-4-6-20(7-5-18)37-24-8-3-17(27)9-22(24)28/h3,8-13,18-20,35-36H,2,4-7,14-15H2,1H3,(H,29,30)/t18-,19-,20+/m0/s1. The highest BCUT2D eigenvalue weighted by molar-refractivity contribution is 5.93. The highest BCUT2D eigenvalue weighted by Gasteiger charge is 2.27. The van der Waals surface area contributed by atoms with Crippen LogP contribution in [0.1, 0.15) is 38.6 Å². The van der Waals surface area contributed by atoms with Crippen LogP contribution >= 0.6 is 0 Å². The highest BCUT2D eigenvalue weighted by atomic mass is 19.1. The van der Waals surface area contributed by atoms with E-state index in [9.17, 15) is 13.9 Å². The van der Waals surface area contributed by atoms with Gasteiger partial charge in [-0.15, -0.1) is 0 Å². The Balaban J connectivity index is 1.39. The molecular weight excluding hydrogens is 482 g/mol. The molecule has 196 valence electrons. The van der Waals surface area contributed by atoms with Gasteiger partial charge in [-0.3, -0.25) is 9.36 Å². The first-order chi connectivity index (χ1) is 17.9. The van der Waals surface area contributed by atoms with Gasteiger partial charge in [-0.25, -0.2) is 13.8 Å². The van der Waals surface area contributed by atoms with Crippen molar-refractivity contribution in [2.75, 3.05) is 18.5 Å². The molecule has 3 aromatic heterocycles. The zero-order valence-electron chi connectivity index (χ0n) is 20.5. The smallest absolute Gasteiger partial charge is 0.167 e. The van der Waals surface area contributed by atoms with Gasteiger partial charge in [0, 0.05) is 42.0 Å². The van der Waals surface area contributed by atoms with E-state index in [2.05, 4.69) is 15.4 Å². The predicted molar refractivity (Wildman–Crippen MR) is 134 cm³/mol. The van der Waals surface area contributed by atoms with Crippen molar-refractivity contribution in [2.45, 2.75) is 57.4 Å². The lowest BCUT2D eigenvalue weighted by molar-refractivity contribution is 0.0783. The minimum absolute atomic E-state index is 0.0707. The first kappa shape index (κ1) is 25.1. The van der Waals surface area contributed by atoms with E-state index >= 15 is 0 Å². The van der Waals surface area contributed by atoms with Crippen LogP contribution in [0.2, 0.25) is 0 Å². The summed E-state index contributed by atoms with van der Waals surface area (Å²) in [5, 5.41) is 32.3. The molecule has 9 nitrogen and oxygen atoms in total. The second-order valence-electron chi connectivity index (χ2n) is 9.32. The lowest BCUT2D eigenvalue weighted by atomic mass is 9.93. The fourth-order valence-electron chi connectivity index (χ4n) is 4.82. The van der Waals surface area contributed by atoms with E-state index < -0.39 is 17.7 Å². The first-order valence-corrected chi connectivity index (χ1v) is 12.5. The molecule has 1 aliphatic carbocycles. The molecule has 0 bridgehead atoms. The predicted octanol–water partition coefficient (Wildman–Crippen LogP) is 3.92. The van der Waals surface area contributed by atoms with Gasteiger partial charge in [-0.2, -0.15) is 10.2 Å². The third-order valence-corrected chi connectivity index (χ3v) is 6.64. The topological polar surface area (TPSA) is 110 Å². The van der Waals surface area contributed by atoms with Crippen LogP contribution in [0.5, 0.6) is 5.75 Å². The Morgan fingerprint density at radius 3 is 2.70 bits per heavy atom. The Bertz CT molecular complexity index is 1370. The Labute approximate surface area is 212 Å².